The summed E-state index contributed by atoms with van der Waals surface area (Å²) >= 11 is 0. The van der Waals surface area contributed by atoms with E-state index in [1.807, 2.05) is 32.0 Å². The Hall–Kier alpha value is -4.20. The van der Waals surface area contributed by atoms with Crippen molar-refractivity contribution in [3.05, 3.63) is 100 Å². The SMILES string of the molecule is Cc1ccc(C2=NNC(c3ccc(F)cc3)(c3ccccc3NC(N)=O)NC2=O)cc1C. The maximum Gasteiger partial charge on any atom is 0.316 e. The molecule has 162 valence electrons. The summed E-state index contributed by atoms with van der Waals surface area (Å²) in [4.78, 5) is 24.9. The van der Waals surface area contributed by atoms with Crippen LogP contribution in [0.25, 0.3) is 0 Å². The number of aryl methyl sites for hydroxylation is 2. The molecule has 1 heterocycles. The third kappa shape index (κ3) is 3.78. The first-order chi connectivity index (χ1) is 15.3. The molecule has 5 N–H and O–H groups in total. The van der Waals surface area contributed by atoms with Gasteiger partial charge in [-0.2, -0.15) is 5.10 Å². The highest BCUT2D eigenvalue weighted by Gasteiger charge is 2.42. The highest BCUT2D eigenvalue weighted by atomic mass is 19.1. The molecule has 0 saturated carbocycles. The molecule has 7 nitrogen and oxygen atoms in total. The van der Waals surface area contributed by atoms with Crippen LogP contribution in [0, 0.1) is 19.7 Å². The number of para-hydroxylation sites is 1. The van der Waals surface area contributed by atoms with Crippen LogP contribution in [0.15, 0.2) is 71.8 Å². The van der Waals surface area contributed by atoms with Crippen molar-refractivity contribution in [2.45, 2.75) is 19.5 Å². The van der Waals surface area contributed by atoms with Crippen LogP contribution in [0.4, 0.5) is 14.9 Å². The Bertz CT molecular complexity index is 1240. The van der Waals surface area contributed by atoms with Gasteiger partial charge in [-0.1, -0.05) is 42.5 Å². The monoisotopic (exact) mass is 431 g/mol. The topological polar surface area (TPSA) is 109 Å². The van der Waals surface area contributed by atoms with Crippen molar-refractivity contribution in [3.8, 4) is 0 Å². The lowest BCUT2D eigenvalue weighted by molar-refractivity contribution is -0.117. The molecule has 0 aromatic heterocycles. The minimum atomic E-state index is -1.37. The first-order valence-corrected chi connectivity index (χ1v) is 9.97. The van der Waals surface area contributed by atoms with Crippen LogP contribution in [0.5, 0.6) is 0 Å². The van der Waals surface area contributed by atoms with Crippen molar-refractivity contribution in [2.75, 3.05) is 5.32 Å². The first-order valence-electron chi connectivity index (χ1n) is 9.97. The number of benzene rings is 3. The van der Waals surface area contributed by atoms with E-state index in [2.05, 4.69) is 21.2 Å². The Morgan fingerprint density at radius 3 is 2.41 bits per heavy atom. The van der Waals surface area contributed by atoms with E-state index in [9.17, 15) is 14.0 Å². The first kappa shape index (κ1) is 21.0. The average Bonchev–Trinajstić information content (AvgIpc) is 2.76. The Morgan fingerprint density at radius 1 is 1.03 bits per heavy atom. The van der Waals surface area contributed by atoms with Crippen LogP contribution in [0.1, 0.15) is 27.8 Å². The summed E-state index contributed by atoms with van der Waals surface area (Å²) in [5.74, 6) is -0.848. The second kappa shape index (κ2) is 8.14. The number of rotatable bonds is 4. The molecule has 3 aromatic rings. The Kier molecular flexibility index (Phi) is 5.36. The number of primary amides is 1. The number of nitrogens with one attached hydrogen (secondary N) is 3. The summed E-state index contributed by atoms with van der Waals surface area (Å²) in [6.07, 6.45) is 0. The van der Waals surface area contributed by atoms with Crippen LogP contribution in [-0.2, 0) is 10.5 Å². The van der Waals surface area contributed by atoms with Crippen LogP contribution >= 0.6 is 0 Å². The summed E-state index contributed by atoms with van der Waals surface area (Å²) in [5, 5.41) is 9.97. The van der Waals surface area contributed by atoms with Crippen molar-refractivity contribution in [1.82, 2.24) is 10.7 Å². The van der Waals surface area contributed by atoms with Gasteiger partial charge in [-0.05, 0) is 49.2 Å². The van der Waals surface area contributed by atoms with Crippen LogP contribution < -0.4 is 21.8 Å². The number of urea groups is 1. The molecule has 1 aliphatic rings. The fraction of sp³-hybridized carbons (Fsp3) is 0.125. The molecular formula is C24H22FN5O2. The molecule has 0 radical (unpaired) electrons. The molecule has 0 aliphatic carbocycles. The molecule has 8 heteroatoms. The van der Waals surface area contributed by atoms with E-state index < -0.39 is 23.4 Å². The second-order valence-corrected chi connectivity index (χ2v) is 7.62. The highest BCUT2D eigenvalue weighted by molar-refractivity contribution is 6.45. The van der Waals surface area contributed by atoms with E-state index in [1.54, 1.807) is 36.4 Å². The number of hydrogen-bond donors (Lipinski definition) is 4. The molecule has 4 rings (SSSR count). The largest absolute Gasteiger partial charge is 0.351 e. The minimum Gasteiger partial charge on any atom is -0.351 e. The van der Waals surface area contributed by atoms with Gasteiger partial charge in [0, 0.05) is 16.7 Å². The fourth-order valence-corrected chi connectivity index (χ4v) is 3.70. The van der Waals surface area contributed by atoms with Gasteiger partial charge in [-0.25, -0.2) is 9.18 Å². The number of carbonyl (C=O) groups is 2. The average molecular weight is 431 g/mol. The lowest BCUT2D eigenvalue weighted by Gasteiger charge is -2.39. The van der Waals surface area contributed by atoms with Crippen LogP contribution in [0.3, 0.4) is 0 Å². The van der Waals surface area contributed by atoms with Gasteiger partial charge in [0.25, 0.3) is 5.91 Å². The lowest BCUT2D eigenvalue weighted by atomic mass is 9.88. The van der Waals surface area contributed by atoms with E-state index in [-0.39, 0.29) is 5.71 Å². The molecule has 1 unspecified atom stereocenters. The number of nitrogens with two attached hydrogens (primary N) is 1. The van der Waals surface area contributed by atoms with E-state index in [0.717, 1.165) is 11.1 Å². The molecule has 32 heavy (non-hydrogen) atoms. The zero-order valence-corrected chi connectivity index (χ0v) is 17.6. The van der Waals surface area contributed by atoms with Gasteiger partial charge in [0.05, 0.1) is 5.69 Å². The number of amides is 3. The number of hydrazone groups is 1. The van der Waals surface area contributed by atoms with Gasteiger partial charge < -0.3 is 16.4 Å². The third-order valence-corrected chi connectivity index (χ3v) is 5.50. The molecule has 3 amide bonds. The van der Waals surface area contributed by atoms with Gasteiger partial charge in [0.1, 0.15) is 5.82 Å². The summed E-state index contributed by atoms with van der Waals surface area (Å²) in [6.45, 7) is 3.95. The van der Waals surface area contributed by atoms with E-state index in [1.165, 1.54) is 12.1 Å². The van der Waals surface area contributed by atoms with Gasteiger partial charge in [-0.3, -0.25) is 10.2 Å². The normalized spacial score (nSPS) is 17.7. The molecule has 0 spiro atoms. The summed E-state index contributed by atoms with van der Waals surface area (Å²) < 4.78 is 13.7. The smallest absolute Gasteiger partial charge is 0.316 e. The quantitative estimate of drug-likeness (QED) is 0.509. The highest BCUT2D eigenvalue weighted by Crippen LogP contribution is 2.34. The molecule has 1 aliphatic heterocycles. The predicted octanol–water partition coefficient (Wildman–Crippen LogP) is 3.26. The molecule has 0 saturated heterocycles. The minimum absolute atomic E-state index is 0.214. The van der Waals surface area contributed by atoms with Crippen molar-refractivity contribution in [1.29, 1.82) is 0 Å². The molecule has 1 atom stereocenters. The number of halogens is 1. The van der Waals surface area contributed by atoms with E-state index in [4.69, 9.17) is 5.73 Å². The summed E-state index contributed by atoms with van der Waals surface area (Å²) in [6, 6.07) is 17.4. The Labute approximate surface area is 184 Å². The number of hydrogen-bond acceptors (Lipinski definition) is 4. The standard InChI is InChI=1S/C24H22FN5O2/c1-14-7-8-16(13-15(14)2)21-22(31)28-24(30-29-21,17-9-11-18(25)12-10-17)19-5-3-4-6-20(19)27-23(26)32/h3-13,30H,1-2H3,(H,28,31)(H3,26,27,32). The Balaban J connectivity index is 1.87. The summed E-state index contributed by atoms with van der Waals surface area (Å²) in [5.41, 5.74) is 11.4. The second-order valence-electron chi connectivity index (χ2n) is 7.62. The Morgan fingerprint density at radius 2 is 1.75 bits per heavy atom. The van der Waals surface area contributed by atoms with E-state index in [0.29, 0.717) is 22.4 Å². The van der Waals surface area contributed by atoms with Gasteiger partial charge in [0.2, 0.25) is 0 Å². The molecule has 0 bridgehead atoms. The van der Waals surface area contributed by atoms with Crippen molar-refractivity contribution < 1.29 is 14.0 Å². The summed E-state index contributed by atoms with van der Waals surface area (Å²) in [7, 11) is 0. The third-order valence-electron chi connectivity index (χ3n) is 5.50. The molecule has 0 fully saturated rings. The van der Waals surface area contributed by atoms with Crippen LogP contribution in [0.2, 0.25) is 0 Å². The zero-order valence-electron chi connectivity index (χ0n) is 17.6. The van der Waals surface area contributed by atoms with Crippen LogP contribution in [-0.4, -0.2) is 17.6 Å². The molecular weight excluding hydrogens is 409 g/mol. The molecule has 3 aromatic carbocycles. The number of carbonyl (C=O) groups excluding carboxylic acids is 2. The van der Waals surface area contributed by atoms with Crippen molar-refractivity contribution in [2.24, 2.45) is 10.8 Å². The predicted molar refractivity (Wildman–Crippen MR) is 121 cm³/mol. The van der Waals surface area contributed by atoms with Crippen molar-refractivity contribution in [3.63, 3.8) is 0 Å². The van der Waals surface area contributed by atoms with Crippen molar-refractivity contribution >= 4 is 23.3 Å². The number of anilines is 1. The van der Waals surface area contributed by atoms with Gasteiger partial charge in [-0.15, -0.1) is 0 Å². The lowest BCUT2D eigenvalue weighted by Crippen LogP contribution is -2.60. The fourth-order valence-electron chi connectivity index (χ4n) is 3.70. The number of nitrogens with zero attached hydrogens (tertiary/aromatic N) is 1. The maximum absolute atomic E-state index is 13.7. The van der Waals surface area contributed by atoms with Gasteiger partial charge in [0.15, 0.2) is 11.4 Å². The maximum atomic E-state index is 13.7. The zero-order chi connectivity index (χ0) is 22.9. The van der Waals surface area contributed by atoms with E-state index >= 15 is 0 Å². The van der Waals surface area contributed by atoms with Gasteiger partial charge >= 0.3 is 6.03 Å².